The minimum absolute atomic E-state index is 0.0392. The molecule has 1 aromatic rings. The molecule has 100 valence electrons. The van der Waals surface area contributed by atoms with Gasteiger partial charge in [0.05, 0.1) is 24.0 Å². The van der Waals surface area contributed by atoms with Crippen molar-refractivity contribution >= 4 is 5.91 Å². The van der Waals surface area contributed by atoms with Crippen molar-refractivity contribution in [3.8, 4) is 0 Å². The highest BCUT2D eigenvalue weighted by molar-refractivity contribution is 5.93. The highest BCUT2D eigenvalue weighted by Crippen LogP contribution is 2.24. The van der Waals surface area contributed by atoms with E-state index in [1.165, 1.54) is 0 Å². The zero-order chi connectivity index (χ0) is 13.1. The van der Waals surface area contributed by atoms with Gasteiger partial charge >= 0.3 is 0 Å². The van der Waals surface area contributed by atoms with Crippen LogP contribution in [0.25, 0.3) is 0 Å². The molecule has 1 N–H and O–H groups in total. The van der Waals surface area contributed by atoms with Crippen LogP contribution in [-0.4, -0.2) is 33.9 Å². The van der Waals surface area contributed by atoms with Crippen LogP contribution in [0, 0.1) is 0 Å². The van der Waals surface area contributed by atoms with Gasteiger partial charge < -0.3 is 10.1 Å². The summed E-state index contributed by atoms with van der Waals surface area (Å²) >= 11 is 0. The molecule has 0 aliphatic heterocycles. The van der Waals surface area contributed by atoms with Crippen LogP contribution in [0.3, 0.4) is 0 Å². The van der Waals surface area contributed by atoms with Gasteiger partial charge in [-0.3, -0.25) is 9.48 Å². The standard InChI is InChI=1S/C13H21N3O2/c1-4-16-8-10(7-14-16)13(17)15-11-5-12(6-11)18-9(2)3/h7-9,11-12H,4-6H2,1-3H3,(H,15,17). The summed E-state index contributed by atoms with van der Waals surface area (Å²) in [6.07, 6.45) is 5.76. The van der Waals surface area contributed by atoms with Crippen molar-refractivity contribution in [3.05, 3.63) is 18.0 Å². The Hall–Kier alpha value is -1.36. The van der Waals surface area contributed by atoms with Crippen molar-refractivity contribution < 1.29 is 9.53 Å². The molecule has 0 spiro atoms. The van der Waals surface area contributed by atoms with E-state index in [1.54, 1.807) is 17.1 Å². The van der Waals surface area contributed by atoms with Gasteiger partial charge in [-0.05, 0) is 33.6 Å². The van der Waals surface area contributed by atoms with E-state index in [4.69, 9.17) is 4.74 Å². The van der Waals surface area contributed by atoms with E-state index in [2.05, 4.69) is 10.4 Å². The molecule has 1 amide bonds. The quantitative estimate of drug-likeness (QED) is 0.864. The third-order valence-corrected chi connectivity index (χ3v) is 3.11. The predicted octanol–water partition coefficient (Wildman–Crippen LogP) is 1.59. The Morgan fingerprint density at radius 3 is 2.89 bits per heavy atom. The van der Waals surface area contributed by atoms with Gasteiger partial charge in [0.1, 0.15) is 0 Å². The fraction of sp³-hybridized carbons (Fsp3) is 0.692. The number of rotatable bonds is 5. The number of hydrogen-bond donors (Lipinski definition) is 1. The molecule has 5 heteroatoms. The van der Waals surface area contributed by atoms with Gasteiger partial charge in [-0.15, -0.1) is 0 Å². The van der Waals surface area contributed by atoms with Crippen molar-refractivity contribution in [1.82, 2.24) is 15.1 Å². The van der Waals surface area contributed by atoms with Crippen LogP contribution in [-0.2, 0) is 11.3 Å². The second kappa shape index (κ2) is 5.52. The topological polar surface area (TPSA) is 56.2 Å². The maximum Gasteiger partial charge on any atom is 0.254 e. The summed E-state index contributed by atoms with van der Waals surface area (Å²) in [5.74, 6) is -0.0392. The number of carbonyl (C=O) groups is 1. The SMILES string of the molecule is CCn1cc(C(=O)NC2CC(OC(C)C)C2)cn1. The van der Waals surface area contributed by atoms with E-state index in [0.717, 1.165) is 19.4 Å². The molecule has 1 fully saturated rings. The summed E-state index contributed by atoms with van der Waals surface area (Å²) in [5.41, 5.74) is 0.630. The molecule has 2 rings (SSSR count). The Bertz CT molecular complexity index is 408. The van der Waals surface area contributed by atoms with Gasteiger partial charge in [-0.1, -0.05) is 0 Å². The lowest BCUT2D eigenvalue weighted by Gasteiger charge is -2.36. The van der Waals surface area contributed by atoms with Crippen LogP contribution in [0.4, 0.5) is 0 Å². The molecule has 1 aliphatic carbocycles. The Morgan fingerprint density at radius 1 is 1.61 bits per heavy atom. The minimum atomic E-state index is -0.0392. The fourth-order valence-corrected chi connectivity index (χ4v) is 2.10. The van der Waals surface area contributed by atoms with Gasteiger partial charge in [0.2, 0.25) is 0 Å². The van der Waals surface area contributed by atoms with E-state index in [-0.39, 0.29) is 18.1 Å². The molecule has 18 heavy (non-hydrogen) atoms. The smallest absolute Gasteiger partial charge is 0.254 e. The Balaban J connectivity index is 1.76. The number of hydrogen-bond acceptors (Lipinski definition) is 3. The van der Waals surface area contributed by atoms with E-state index in [1.807, 2.05) is 20.8 Å². The first-order valence-corrected chi connectivity index (χ1v) is 6.57. The monoisotopic (exact) mass is 251 g/mol. The van der Waals surface area contributed by atoms with Crippen LogP contribution in [0.2, 0.25) is 0 Å². The van der Waals surface area contributed by atoms with Crippen LogP contribution >= 0.6 is 0 Å². The maximum absolute atomic E-state index is 11.9. The Kier molecular flexibility index (Phi) is 4.01. The average molecular weight is 251 g/mol. The van der Waals surface area contributed by atoms with E-state index < -0.39 is 0 Å². The number of carbonyl (C=O) groups excluding carboxylic acids is 1. The van der Waals surface area contributed by atoms with Crippen LogP contribution in [0.15, 0.2) is 12.4 Å². The van der Waals surface area contributed by atoms with Crippen LogP contribution < -0.4 is 5.32 Å². The molecular formula is C13H21N3O2. The number of aromatic nitrogens is 2. The Labute approximate surface area is 108 Å². The van der Waals surface area contributed by atoms with E-state index in [9.17, 15) is 4.79 Å². The summed E-state index contributed by atoms with van der Waals surface area (Å²) in [6.45, 7) is 6.84. The summed E-state index contributed by atoms with van der Waals surface area (Å²) in [5, 5.41) is 7.09. The summed E-state index contributed by atoms with van der Waals surface area (Å²) < 4.78 is 7.41. The molecule has 0 atom stereocenters. The average Bonchev–Trinajstić information content (AvgIpc) is 2.73. The summed E-state index contributed by atoms with van der Waals surface area (Å²) in [4.78, 5) is 11.9. The summed E-state index contributed by atoms with van der Waals surface area (Å²) in [7, 11) is 0. The third-order valence-electron chi connectivity index (χ3n) is 3.11. The van der Waals surface area contributed by atoms with Gasteiger partial charge in [-0.2, -0.15) is 5.10 Å². The van der Waals surface area contributed by atoms with Gasteiger partial charge in [0, 0.05) is 18.8 Å². The normalized spacial score (nSPS) is 22.9. The second-order valence-corrected chi connectivity index (χ2v) is 5.03. The van der Waals surface area contributed by atoms with E-state index in [0.29, 0.717) is 11.7 Å². The highest BCUT2D eigenvalue weighted by atomic mass is 16.5. The minimum Gasteiger partial charge on any atom is -0.375 e. The molecule has 1 saturated carbocycles. The molecule has 0 aromatic carbocycles. The van der Waals surface area contributed by atoms with Gasteiger partial charge in [-0.25, -0.2) is 0 Å². The largest absolute Gasteiger partial charge is 0.375 e. The lowest BCUT2D eigenvalue weighted by molar-refractivity contribution is -0.0482. The van der Waals surface area contributed by atoms with Crippen molar-refractivity contribution in [3.63, 3.8) is 0 Å². The number of ether oxygens (including phenoxy) is 1. The van der Waals surface area contributed by atoms with E-state index >= 15 is 0 Å². The lowest BCUT2D eigenvalue weighted by Crippen LogP contribution is -2.48. The fourth-order valence-electron chi connectivity index (χ4n) is 2.10. The molecule has 1 aliphatic rings. The predicted molar refractivity (Wildman–Crippen MR) is 68.4 cm³/mol. The molecule has 0 saturated heterocycles. The van der Waals surface area contributed by atoms with Crippen molar-refractivity contribution in [1.29, 1.82) is 0 Å². The van der Waals surface area contributed by atoms with Crippen molar-refractivity contribution in [2.45, 2.75) is 58.4 Å². The van der Waals surface area contributed by atoms with Crippen LogP contribution in [0.1, 0.15) is 44.0 Å². The molecule has 5 nitrogen and oxygen atoms in total. The number of nitrogens with zero attached hydrogens (tertiary/aromatic N) is 2. The lowest BCUT2D eigenvalue weighted by atomic mass is 9.89. The van der Waals surface area contributed by atoms with Crippen LogP contribution in [0.5, 0.6) is 0 Å². The zero-order valence-corrected chi connectivity index (χ0v) is 11.2. The van der Waals surface area contributed by atoms with Crippen molar-refractivity contribution in [2.75, 3.05) is 0 Å². The van der Waals surface area contributed by atoms with Gasteiger partial charge in [0.25, 0.3) is 5.91 Å². The van der Waals surface area contributed by atoms with Crippen molar-refractivity contribution in [2.24, 2.45) is 0 Å². The molecule has 0 bridgehead atoms. The van der Waals surface area contributed by atoms with Gasteiger partial charge in [0.15, 0.2) is 0 Å². The maximum atomic E-state index is 11.9. The second-order valence-electron chi connectivity index (χ2n) is 5.03. The zero-order valence-electron chi connectivity index (χ0n) is 11.2. The summed E-state index contributed by atoms with van der Waals surface area (Å²) in [6, 6.07) is 0.242. The highest BCUT2D eigenvalue weighted by Gasteiger charge is 2.31. The first-order chi connectivity index (χ1) is 8.58. The first-order valence-electron chi connectivity index (χ1n) is 6.57. The molecule has 0 unspecified atom stereocenters. The third kappa shape index (κ3) is 3.10. The molecule has 1 aromatic heterocycles. The number of amides is 1. The first kappa shape index (κ1) is 13.1. The number of aryl methyl sites for hydroxylation is 1. The number of nitrogens with one attached hydrogen (secondary N) is 1. The molecule has 0 radical (unpaired) electrons. The molecule has 1 heterocycles. The molecular weight excluding hydrogens is 230 g/mol. The Morgan fingerprint density at radius 2 is 2.33 bits per heavy atom.